The maximum atomic E-state index is 4.23. The maximum absolute atomic E-state index is 4.23. The van der Waals surface area contributed by atoms with Crippen molar-refractivity contribution < 1.29 is 0 Å². The number of piperidine rings is 1. The number of likely N-dealkylation sites (tertiary alicyclic amines) is 1. The molecule has 0 bridgehead atoms. The number of imidazole rings is 1. The molecule has 1 aliphatic rings. The van der Waals surface area contributed by atoms with Gasteiger partial charge in [-0.2, -0.15) is 0 Å². The summed E-state index contributed by atoms with van der Waals surface area (Å²) in [5.41, 5.74) is 1.29. The first-order valence-electron chi connectivity index (χ1n) is 7.71. The van der Waals surface area contributed by atoms with Crippen LogP contribution in [0.5, 0.6) is 0 Å². The number of nitrogens with zero attached hydrogens (tertiary/aromatic N) is 3. The highest BCUT2D eigenvalue weighted by Gasteiger charge is 2.09. The minimum absolute atomic E-state index is 0.493. The average molecular weight is 264 g/mol. The number of rotatable bonds is 7. The standard InChI is InChI=1S/C15H28N4/c1-14(2)19-13-17-12-15(19)11-16-7-6-10-18-8-4-3-5-9-18/h12-14,16H,3-11H2,1-2H3. The average Bonchev–Trinajstić information content (AvgIpc) is 2.88. The van der Waals surface area contributed by atoms with Gasteiger partial charge in [-0.15, -0.1) is 0 Å². The molecule has 1 saturated heterocycles. The lowest BCUT2D eigenvalue weighted by atomic mass is 10.1. The van der Waals surface area contributed by atoms with Gasteiger partial charge >= 0.3 is 0 Å². The summed E-state index contributed by atoms with van der Waals surface area (Å²) in [5, 5.41) is 3.54. The second kappa shape index (κ2) is 7.65. The summed E-state index contributed by atoms with van der Waals surface area (Å²) in [4.78, 5) is 6.83. The molecular weight excluding hydrogens is 236 g/mol. The molecule has 4 nitrogen and oxygen atoms in total. The lowest BCUT2D eigenvalue weighted by Crippen LogP contribution is -2.32. The normalized spacial score (nSPS) is 17.2. The largest absolute Gasteiger partial charge is 0.331 e. The molecule has 4 heteroatoms. The van der Waals surface area contributed by atoms with E-state index < -0.39 is 0 Å². The van der Waals surface area contributed by atoms with Crippen LogP contribution in [0.25, 0.3) is 0 Å². The Morgan fingerprint density at radius 2 is 2.05 bits per heavy atom. The molecule has 1 N–H and O–H groups in total. The van der Waals surface area contributed by atoms with Gasteiger partial charge in [-0.25, -0.2) is 4.98 Å². The molecule has 2 heterocycles. The van der Waals surface area contributed by atoms with E-state index in [0.717, 1.165) is 13.1 Å². The van der Waals surface area contributed by atoms with Gasteiger partial charge in [0.2, 0.25) is 0 Å². The third-order valence-electron chi connectivity index (χ3n) is 3.89. The predicted octanol–water partition coefficient (Wildman–Crippen LogP) is 2.43. The molecule has 1 fully saturated rings. The molecule has 1 aromatic heterocycles. The van der Waals surface area contributed by atoms with Crippen molar-refractivity contribution in [3.63, 3.8) is 0 Å². The van der Waals surface area contributed by atoms with Crippen LogP contribution in [0.4, 0.5) is 0 Å². The molecule has 0 aromatic carbocycles. The van der Waals surface area contributed by atoms with Gasteiger partial charge in [0.1, 0.15) is 0 Å². The van der Waals surface area contributed by atoms with Gasteiger partial charge in [0, 0.05) is 18.8 Å². The highest BCUT2D eigenvalue weighted by atomic mass is 15.1. The molecule has 0 spiro atoms. The molecule has 0 radical (unpaired) electrons. The number of nitrogens with one attached hydrogen (secondary N) is 1. The topological polar surface area (TPSA) is 33.1 Å². The Bertz CT molecular complexity index is 353. The van der Waals surface area contributed by atoms with E-state index in [0.29, 0.717) is 6.04 Å². The maximum Gasteiger partial charge on any atom is 0.0951 e. The molecule has 19 heavy (non-hydrogen) atoms. The minimum atomic E-state index is 0.493. The van der Waals surface area contributed by atoms with Crippen LogP contribution in [0.1, 0.15) is 51.3 Å². The van der Waals surface area contributed by atoms with Crippen LogP contribution < -0.4 is 5.32 Å². The molecule has 2 rings (SSSR count). The summed E-state index contributed by atoms with van der Waals surface area (Å²) in [5.74, 6) is 0. The fraction of sp³-hybridized carbons (Fsp3) is 0.800. The van der Waals surface area contributed by atoms with E-state index in [-0.39, 0.29) is 0 Å². The number of aromatic nitrogens is 2. The van der Waals surface area contributed by atoms with Crippen molar-refractivity contribution >= 4 is 0 Å². The van der Waals surface area contributed by atoms with E-state index in [9.17, 15) is 0 Å². The first-order chi connectivity index (χ1) is 9.27. The van der Waals surface area contributed by atoms with E-state index in [1.165, 1.54) is 51.0 Å². The molecule has 0 saturated carbocycles. The molecule has 108 valence electrons. The zero-order valence-corrected chi connectivity index (χ0v) is 12.4. The smallest absolute Gasteiger partial charge is 0.0951 e. The molecular formula is C15H28N4. The summed E-state index contributed by atoms with van der Waals surface area (Å²) in [6, 6.07) is 0.493. The van der Waals surface area contributed by atoms with Crippen LogP contribution in [0, 0.1) is 0 Å². The van der Waals surface area contributed by atoms with Crippen molar-refractivity contribution in [2.24, 2.45) is 0 Å². The molecule has 0 atom stereocenters. The Labute approximate surface area is 117 Å². The fourth-order valence-corrected chi connectivity index (χ4v) is 2.76. The van der Waals surface area contributed by atoms with Gasteiger partial charge in [-0.3, -0.25) is 0 Å². The number of hydrogen-bond donors (Lipinski definition) is 1. The van der Waals surface area contributed by atoms with Crippen LogP contribution in [0.3, 0.4) is 0 Å². The van der Waals surface area contributed by atoms with Gasteiger partial charge in [-0.1, -0.05) is 6.42 Å². The minimum Gasteiger partial charge on any atom is -0.331 e. The predicted molar refractivity (Wildman–Crippen MR) is 79.2 cm³/mol. The molecule has 1 aliphatic heterocycles. The first kappa shape index (κ1) is 14.5. The van der Waals surface area contributed by atoms with Crippen molar-refractivity contribution in [1.29, 1.82) is 0 Å². The summed E-state index contributed by atoms with van der Waals surface area (Å²) in [7, 11) is 0. The Kier molecular flexibility index (Phi) is 5.86. The Hall–Kier alpha value is -0.870. The summed E-state index contributed by atoms with van der Waals surface area (Å²) >= 11 is 0. The molecule has 0 aliphatic carbocycles. The van der Waals surface area contributed by atoms with E-state index in [2.05, 4.69) is 33.6 Å². The molecule has 0 unspecified atom stereocenters. The van der Waals surface area contributed by atoms with Gasteiger partial charge < -0.3 is 14.8 Å². The zero-order chi connectivity index (χ0) is 13.5. The van der Waals surface area contributed by atoms with Crippen LogP contribution in [0.15, 0.2) is 12.5 Å². The van der Waals surface area contributed by atoms with Crippen molar-refractivity contribution in [3.05, 3.63) is 18.2 Å². The summed E-state index contributed by atoms with van der Waals surface area (Å²) in [6.07, 6.45) is 9.35. The second-order valence-corrected chi connectivity index (χ2v) is 5.82. The van der Waals surface area contributed by atoms with Crippen molar-refractivity contribution in [3.8, 4) is 0 Å². The lowest BCUT2D eigenvalue weighted by Gasteiger charge is -2.26. The number of hydrogen-bond acceptors (Lipinski definition) is 3. The van der Waals surface area contributed by atoms with Crippen LogP contribution in [0.2, 0.25) is 0 Å². The zero-order valence-electron chi connectivity index (χ0n) is 12.4. The van der Waals surface area contributed by atoms with Gasteiger partial charge in [-0.05, 0) is 59.3 Å². The SMILES string of the molecule is CC(C)n1cncc1CNCCCN1CCCCC1. The monoisotopic (exact) mass is 264 g/mol. The highest BCUT2D eigenvalue weighted by molar-refractivity contribution is 4.99. The van der Waals surface area contributed by atoms with E-state index in [1.807, 2.05) is 12.5 Å². The summed E-state index contributed by atoms with van der Waals surface area (Å²) < 4.78 is 2.23. The van der Waals surface area contributed by atoms with Crippen LogP contribution in [-0.2, 0) is 6.54 Å². The van der Waals surface area contributed by atoms with E-state index in [4.69, 9.17) is 0 Å². The Morgan fingerprint density at radius 3 is 2.79 bits per heavy atom. The van der Waals surface area contributed by atoms with Crippen LogP contribution >= 0.6 is 0 Å². The molecule has 1 aromatic rings. The Morgan fingerprint density at radius 1 is 1.26 bits per heavy atom. The first-order valence-corrected chi connectivity index (χ1v) is 7.71. The summed E-state index contributed by atoms with van der Waals surface area (Å²) in [6.45, 7) is 10.3. The third kappa shape index (κ3) is 4.62. The second-order valence-electron chi connectivity index (χ2n) is 5.82. The van der Waals surface area contributed by atoms with Gasteiger partial charge in [0.25, 0.3) is 0 Å². The quantitative estimate of drug-likeness (QED) is 0.768. The van der Waals surface area contributed by atoms with Crippen molar-refractivity contribution in [1.82, 2.24) is 19.8 Å². The van der Waals surface area contributed by atoms with Crippen molar-refractivity contribution in [2.45, 2.75) is 52.1 Å². The van der Waals surface area contributed by atoms with Gasteiger partial charge in [0.15, 0.2) is 0 Å². The molecule has 0 amide bonds. The van der Waals surface area contributed by atoms with Crippen molar-refractivity contribution in [2.75, 3.05) is 26.2 Å². The fourth-order valence-electron chi connectivity index (χ4n) is 2.76. The van der Waals surface area contributed by atoms with Crippen LogP contribution in [-0.4, -0.2) is 40.6 Å². The third-order valence-corrected chi connectivity index (χ3v) is 3.89. The highest BCUT2D eigenvalue weighted by Crippen LogP contribution is 2.09. The van der Waals surface area contributed by atoms with E-state index in [1.54, 1.807) is 0 Å². The Balaban J connectivity index is 1.59. The lowest BCUT2D eigenvalue weighted by molar-refractivity contribution is 0.225. The van der Waals surface area contributed by atoms with E-state index >= 15 is 0 Å². The van der Waals surface area contributed by atoms with Gasteiger partial charge in [0.05, 0.1) is 12.0 Å².